The average Bonchev–Trinajstić information content (AvgIpc) is 2.13. The zero-order chi connectivity index (χ0) is 12.6. The predicted molar refractivity (Wildman–Crippen MR) is 59.0 cm³/mol. The molecular weight excluding hydrogens is 212 g/mol. The lowest BCUT2D eigenvalue weighted by atomic mass is 10.0. The van der Waals surface area contributed by atoms with Crippen molar-refractivity contribution in [3.8, 4) is 0 Å². The second kappa shape index (κ2) is 7.19. The molecule has 0 bridgehead atoms. The van der Waals surface area contributed by atoms with Gasteiger partial charge in [-0.05, 0) is 13.5 Å². The van der Waals surface area contributed by atoms with E-state index in [2.05, 4.69) is 10.6 Å². The zero-order valence-corrected chi connectivity index (χ0v) is 9.75. The summed E-state index contributed by atoms with van der Waals surface area (Å²) < 4.78 is 0. The van der Waals surface area contributed by atoms with Crippen LogP contribution in [-0.2, 0) is 9.59 Å². The van der Waals surface area contributed by atoms with Crippen LogP contribution in [0.5, 0.6) is 0 Å². The third-order valence-corrected chi connectivity index (χ3v) is 1.98. The fourth-order valence-corrected chi connectivity index (χ4v) is 1.14. The highest BCUT2D eigenvalue weighted by molar-refractivity contribution is 5.76. The lowest BCUT2D eigenvalue weighted by Crippen LogP contribution is -2.42. The first-order valence-corrected chi connectivity index (χ1v) is 5.29. The summed E-state index contributed by atoms with van der Waals surface area (Å²) >= 11 is 0. The number of amides is 1. The van der Waals surface area contributed by atoms with E-state index in [1.807, 2.05) is 6.92 Å². The molecule has 0 aromatic carbocycles. The SMILES string of the molecule is CCNCCC(=O)NCC(C)(O)CC(=O)O. The molecule has 0 fully saturated rings. The number of nitrogens with one attached hydrogen (secondary N) is 2. The molecule has 0 radical (unpaired) electrons. The van der Waals surface area contributed by atoms with Gasteiger partial charge in [0.2, 0.25) is 5.91 Å². The molecule has 6 nitrogen and oxygen atoms in total. The average molecular weight is 232 g/mol. The Morgan fingerprint density at radius 3 is 2.50 bits per heavy atom. The quantitative estimate of drug-likeness (QED) is 0.416. The van der Waals surface area contributed by atoms with Crippen molar-refractivity contribution >= 4 is 11.9 Å². The first kappa shape index (κ1) is 14.9. The van der Waals surface area contributed by atoms with Gasteiger partial charge in [-0.15, -0.1) is 0 Å². The zero-order valence-electron chi connectivity index (χ0n) is 9.75. The maximum Gasteiger partial charge on any atom is 0.306 e. The molecule has 0 aliphatic carbocycles. The van der Waals surface area contributed by atoms with Crippen LogP contribution in [0.4, 0.5) is 0 Å². The van der Waals surface area contributed by atoms with Gasteiger partial charge >= 0.3 is 5.97 Å². The Hall–Kier alpha value is -1.14. The highest BCUT2D eigenvalue weighted by Crippen LogP contribution is 2.07. The Morgan fingerprint density at radius 2 is 2.00 bits per heavy atom. The van der Waals surface area contributed by atoms with Gasteiger partial charge in [-0.1, -0.05) is 6.92 Å². The minimum absolute atomic E-state index is 0.0513. The Balaban J connectivity index is 3.77. The maximum absolute atomic E-state index is 11.2. The molecule has 1 atom stereocenters. The van der Waals surface area contributed by atoms with E-state index >= 15 is 0 Å². The monoisotopic (exact) mass is 232 g/mol. The molecule has 0 aliphatic heterocycles. The Labute approximate surface area is 95.0 Å². The smallest absolute Gasteiger partial charge is 0.306 e. The molecule has 1 amide bonds. The van der Waals surface area contributed by atoms with Crippen molar-refractivity contribution in [2.75, 3.05) is 19.6 Å². The number of carboxylic acids is 1. The molecule has 0 rings (SSSR count). The topological polar surface area (TPSA) is 98.7 Å². The van der Waals surface area contributed by atoms with Gasteiger partial charge in [0.05, 0.1) is 12.0 Å². The molecule has 4 N–H and O–H groups in total. The number of hydrogen-bond donors (Lipinski definition) is 4. The van der Waals surface area contributed by atoms with E-state index < -0.39 is 11.6 Å². The summed E-state index contributed by atoms with van der Waals surface area (Å²) in [6, 6.07) is 0. The number of rotatable bonds is 8. The normalized spacial score (nSPS) is 14.2. The predicted octanol–water partition coefficient (Wildman–Crippen LogP) is -0.672. The third kappa shape index (κ3) is 8.19. The fraction of sp³-hybridized carbons (Fsp3) is 0.800. The minimum Gasteiger partial charge on any atom is -0.481 e. The molecule has 0 aromatic heterocycles. The van der Waals surface area contributed by atoms with Gasteiger partial charge in [0.1, 0.15) is 0 Å². The summed E-state index contributed by atoms with van der Waals surface area (Å²) in [5.41, 5.74) is -1.40. The van der Waals surface area contributed by atoms with Crippen LogP contribution in [0.3, 0.4) is 0 Å². The number of aliphatic hydroxyl groups is 1. The summed E-state index contributed by atoms with van der Waals surface area (Å²) in [6.07, 6.45) is -0.0719. The van der Waals surface area contributed by atoms with Crippen LogP contribution in [0.15, 0.2) is 0 Å². The van der Waals surface area contributed by atoms with E-state index in [1.165, 1.54) is 6.92 Å². The number of carboxylic acid groups (broad SMARTS) is 1. The molecule has 0 saturated carbocycles. The Morgan fingerprint density at radius 1 is 1.38 bits per heavy atom. The van der Waals surface area contributed by atoms with Crippen molar-refractivity contribution < 1.29 is 19.8 Å². The van der Waals surface area contributed by atoms with Gasteiger partial charge < -0.3 is 20.8 Å². The molecule has 0 aromatic rings. The van der Waals surface area contributed by atoms with E-state index in [-0.39, 0.29) is 18.9 Å². The molecular formula is C10H20N2O4. The standard InChI is InChI=1S/C10H20N2O4/c1-3-11-5-4-8(13)12-7-10(2,16)6-9(14)15/h11,16H,3-7H2,1-2H3,(H,12,13)(H,14,15). The molecule has 0 aliphatic rings. The van der Waals surface area contributed by atoms with Crippen LogP contribution in [-0.4, -0.2) is 47.3 Å². The number of carbonyl (C=O) groups excluding carboxylic acids is 1. The highest BCUT2D eigenvalue weighted by Gasteiger charge is 2.24. The number of carbonyl (C=O) groups is 2. The highest BCUT2D eigenvalue weighted by atomic mass is 16.4. The van der Waals surface area contributed by atoms with E-state index in [1.54, 1.807) is 0 Å². The maximum atomic E-state index is 11.2. The van der Waals surface area contributed by atoms with E-state index in [0.717, 1.165) is 6.54 Å². The van der Waals surface area contributed by atoms with Crippen LogP contribution in [0, 0.1) is 0 Å². The first-order chi connectivity index (χ1) is 7.37. The van der Waals surface area contributed by atoms with Crippen LogP contribution < -0.4 is 10.6 Å². The van der Waals surface area contributed by atoms with Gasteiger partial charge in [0.25, 0.3) is 0 Å². The van der Waals surface area contributed by atoms with Crippen LogP contribution in [0.1, 0.15) is 26.7 Å². The number of hydrogen-bond acceptors (Lipinski definition) is 4. The van der Waals surface area contributed by atoms with Crippen molar-refractivity contribution in [1.82, 2.24) is 10.6 Å². The van der Waals surface area contributed by atoms with Crippen molar-refractivity contribution in [3.05, 3.63) is 0 Å². The second-order valence-electron chi connectivity index (χ2n) is 3.95. The van der Waals surface area contributed by atoms with Gasteiger partial charge in [-0.2, -0.15) is 0 Å². The molecule has 1 unspecified atom stereocenters. The summed E-state index contributed by atoms with van der Waals surface area (Å²) in [5.74, 6) is -1.29. The van der Waals surface area contributed by atoms with Gasteiger partial charge in [0, 0.05) is 19.5 Å². The Kier molecular flexibility index (Phi) is 6.67. The molecule has 0 heterocycles. The van der Waals surface area contributed by atoms with Gasteiger partial charge in [-0.3, -0.25) is 9.59 Å². The van der Waals surface area contributed by atoms with E-state index in [0.29, 0.717) is 13.0 Å². The second-order valence-corrected chi connectivity index (χ2v) is 3.95. The molecule has 0 spiro atoms. The summed E-state index contributed by atoms with van der Waals surface area (Å²) in [6.45, 7) is 4.64. The summed E-state index contributed by atoms with van der Waals surface area (Å²) in [4.78, 5) is 21.6. The molecule has 94 valence electrons. The Bertz CT molecular complexity index is 241. The largest absolute Gasteiger partial charge is 0.481 e. The fourth-order valence-electron chi connectivity index (χ4n) is 1.14. The lowest BCUT2D eigenvalue weighted by Gasteiger charge is -2.21. The summed E-state index contributed by atoms with van der Waals surface area (Å²) in [7, 11) is 0. The van der Waals surface area contributed by atoms with Crippen molar-refractivity contribution in [3.63, 3.8) is 0 Å². The minimum atomic E-state index is -1.40. The van der Waals surface area contributed by atoms with Crippen molar-refractivity contribution in [2.45, 2.75) is 32.3 Å². The van der Waals surface area contributed by atoms with Gasteiger partial charge in [-0.25, -0.2) is 0 Å². The van der Waals surface area contributed by atoms with Crippen molar-refractivity contribution in [2.24, 2.45) is 0 Å². The van der Waals surface area contributed by atoms with Gasteiger partial charge in [0.15, 0.2) is 0 Å². The molecule has 6 heteroatoms. The van der Waals surface area contributed by atoms with Crippen LogP contribution in [0.25, 0.3) is 0 Å². The lowest BCUT2D eigenvalue weighted by molar-refractivity contribution is -0.142. The summed E-state index contributed by atoms with van der Waals surface area (Å²) in [5, 5.41) is 23.6. The van der Waals surface area contributed by atoms with Crippen LogP contribution >= 0.6 is 0 Å². The first-order valence-electron chi connectivity index (χ1n) is 5.29. The number of aliphatic carboxylic acids is 1. The van der Waals surface area contributed by atoms with E-state index in [4.69, 9.17) is 5.11 Å². The molecule has 16 heavy (non-hydrogen) atoms. The van der Waals surface area contributed by atoms with E-state index in [9.17, 15) is 14.7 Å². The third-order valence-electron chi connectivity index (χ3n) is 1.98. The molecule has 0 saturated heterocycles. The van der Waals surface area contributed by atoms with Crippen molar-refractivity contribution in [1.29, 1.82) is 0 Å². The van der Waals surface area contributed by atoms with Crippen LogP contribution in [0.2, 0.25) is 0 Å².